The molecule has 15 heavy (non-hydrogen) atoms. The van der Waals surface area contributed by atoms with Crippen LogP contribution in [-0.4, -0.2) is 21.5 Å². The van der Waals surface area contributed by atoms with Gasteiger partial charge in [-0.05, 0) is 40.5 Å². The van der Waals surface area contributed by atoms with E-state index >= 15 is 0 Å². The van der Waals surface area contributed by atoms with E-state index in [1.54, 1.807) is 0 Å². The highest BCUT2D eigenvalue weighted by atomic mass is 28.3. The highest BCUT2D eigenvalue weighted by Crippen LogP contribution is 2.32. The lowest BCUT2D eigenvalue weighted by Crippen LogP contribution is -2.35. The summed E-state index contributed by atoms with van der Waals surface area (Å²) >= 11 is 0. The molecule has 1 saturated carbocycles. The van der Waals surface area contributed by atoms with E-state index < -0.39 is 9.28 Å². The maximum Gasteiger partial charge on any atom is 0.388 e. The van der Waals surface area contributed by atoms with E-state index in [1.165, 1.54) is 32.1 Å². The summed E-state index contributed by atoms with van der Waals surface area (Å²) in [6.45, 7) is 8.43. The van der Waals surface area contributed by atoms with Gasteiger partial charge in [-0.1, -0.05) is 19.3 Å². The van der Waals surface area contributed by atoms with Crippen molar-refractivity contribution in [2.75, 3.05) is 0 Å². The van der Waals surface area contributed by atoms with Gasteiger partial charge in [-0.25, -0.2) is 0 Å². The second-order valence-electron chi connectivity index (χ2n) is 4.99. The van der Waals surface area contributed by atoms with E-state index in [0.717, 1.165) is 0 Å². The minimum Gasteiger partial charge on any atom is -0.391 e. The van der Waals surface area contributed by atoms with Gasteiger partial charge in [0.15, 0.2) is 0 Å². The Kier molecular flexibility index (Phi) is 5.86. The molecule has 0 amide bonds. The zero-order valence-electron chi connectivity index (χ0n) is 10.6. The Balaban J connectivity index is 2.45. The summed E-state index contributed by atoms with van der Waals surface area (Å²) in [6.07, 6.45) is 7.36. The lowest BCUT2D eigenvalue weighted by atomic mass is 10.0. The minimum absolute atomic E-state index is 0.305. The first kappa shape index (κ1) is 13.2. The monoisotopic (exact) mass is 229 g/mol. The van der Waals surface area contributed by atoms with Crippen molar-refractivity contribution in [2.45, 2.75) is 77.5 Å². The van der Waals surface area contributed by atoms with E-state index in [0.29, 0.717) is 17.7 Å². The number of hydrogen-bond donors (Lipinski definition) is 0. The van der Waals surface area contributed by atoms with Crippen LogP contribution in [0.2, 0.25) is 5.54 Å². The second-order valence-corrected chi connectivity index (χ2v) is 6.91. The van der Waals surface area contributed by atoms with Crippen molar-refractivity contribution in [2.24, 2.45) is 0 Å². The molecule has 2 nitrogen and oxygen atoms in total. The maximum atomic E-state index is 5.98. The molecule has 0 atom stereocenters. The molecule has 3 heteroatoms. The molecule has 0 unspecified atom stereocenters. The molecular weight excluding hydrogens is 204 g/mol. The first-order valence-corrected chi connectivity index (χ1v) is 7.69. The van der Waals surface area contributed by atoms with Crippen molar-refractivity contribution in [1.82, 2.24) is 0 Å². The van der Waals surface area contributed by atoms with Crippen molar-refractivity contribution in [3.63, 3.8) is 0 Å². The molecule has 89 valence electrons. The van der Waals surface area contributed by atoms with Crippen molar-refractivity contribution in [3.05, 3.63) is 0 Å². The fourth-order valence-corrected chi connectivity index (χ4v) is 4.27. The van der Waals surface area contributed by atoms with Crippen LogP contribution in [0, 0.1) is 0 Å². The lowest BCUT2D eigenvalue weighted by molar-refractivity contribution is 0.118. The van der Waals surface area contributed by atoms with Gasteiger partial charge >= 0.3 is 9.28 Å². The Morgan fingerprint density at radius 3 is 1.73 bits per heavy atom. The van der Waals surface area contributed by atoms with E-state index in [9.17, 15) is 0 Å². The minimum atomic E-state index is -1.04. The Morgan fingerprint density at radius 1 is 0.867 bits per heavy atom. The summed E-state index contributed by atoms with van der Waals surface area (Å²) in [7, 11) is -1.04. The highest BCUT2D eigenvalue weighted by Gasteiger charge is 2.31. The molecule has 0 saturated heterocycles. The fourth-order valence-electron chi connectivity index (χ4n) is 2.02. The molecule has 0 N–H and O–H groups in total. The van der Waals surface area contributed by atoms with Gasteiger partial charge < -0.3 is 8.85 Å². The van der Waals surface area contributed by atoms with Crippen LogP contribution in [0.4, 0.5) is 0 Å². The molecule has 1 aliphatic carbocycles. The molecule has 1 aliphatic rings. The molecule has 0 spiro atoms. The van der Waals surface area contributed by atoms with Gasteiger partial charge in [0.25, 0.3) is 0 Å². The zero-order valence-corrected chi connectivity index (χ0v) is 11.6. The van der Waals surface area contributed by atoms with Crippen LogP contribution in [0.15, 0.2) is 0 Å². The molecule has 1 fully saturated rings. The van der Waals surface area contributed by atoms with E-state index in [-0.39, 0.29) is 0 Å². The van der Waals surface area contributed by atoms with Crippen LogP contribution in [-0.2, 0) is 8.85 Å². The Hall–Kier alpha value is 0.137. The first-order chi connectivity index (χ1) is 7.09. The Bertz CT molecular complexity index is 155. The standard InChI is InChI=1S/C12H25O2Si/c1-10(2)13-15(14-11(3)4)12-8-6-5-7-9-12/h10-12H,5-9H2,1-4H3. The van der Waals surface area contributed by atoms with Gasteiger partial charge in [-0.2, -0.15) is 0 Å². The molecule has 0 bridgehead atoms. The summed E-state index contributed by atoms with van der Waals surface area (Å²) in [5, 5.41) is 0. The molecule has 1 radical (unpaired) electrons. The van der Waals surface area contributed by atoms with E-state index in [1.807, 2.05) is 0 Å². The average Bonchev–Trinajstić information content (AvgIpc) is 2.17. The quantitative estimate of drug-likeness (QED) is 0.670. The van der Waals surface area contributed by atoms with Gasteiger partial charge in [0.05, 0.1) is 0 Å². The normalized spacial score (nSPS) is 19.4. The molecule has 0 aromatic heterocycles. The second kappa shape index (κ2) is 6.66. The molecule has 0 aliphatic heterocycles. The fraction of sp³-hybridized carbons (Fsp3) is 1.00. The molecule has 0 aromatic rings. The van der Waals surface area contributed by atoms with E-state index in [2.05, 4.69) is 27.7 Å². The third kappa shape index (κ3) is 5.14. The molecule has 0 aromatic carbocycles. The molecular formula is C12H25O2Si. The van der Waals surface area contributed by atoms with Crippen LogP contribution in [0.25, 0.3) is 0 Å². The molecule has 0 heterocycles. The van der Waals surface area contributed by atoms with Crippen LogP contribution >= 0.6 is 0 Å². The summed E-state index contributed by atoms with van der Waals surface area (Å²) in [6, 6.07) is 0. The zero-order chi connectivity index (χ0) is 11.3. The molecule has 1 rings (SSSR count). The third-order valence-electron chi connectivity index (χ3n) is 2.64. The average molecular weight is 229 g/mol. The van der Waals surface area contributed by atoms with Gasteiger partial charge in [0.1, 0.15) is 0 Å². The van der Waals surface area contributed by atoms with Crippen molar-refractivity contribution >= 4 is 9.28 Å². The van der Waals surface area contributed by atoms with Crippen LogP contribution in [0.1, 0.15) is 59.8 Å². The number of hydrogen-bond acceptors (Lipinski definition) is 2. The van der Waals surface area contributed by atoms with Crippen molar-refractivity contribution in [1.29, 1.82) is 0 Å². The predicted molar refractivity (Wildman–Crippen MR) is 65.0 cm³/mol. The number of rotatable bonds is 5. The van der Waals surface area contributed by atoms with Crippen molar-refractivity contribution in [3.8, 4) is 0 Å². The summed E-state index contributed by atoms with van der Waals surface area (Å²) in [5.41, 5.74) is 0.716. The van der Waals surface area contributed by atoms with E-state index in [4.69, 9.17) is 8.85 Å². The Labute approximate surface area is 96.2 Å². The lowest BCUT2D eigenvalue weighted by Gasteiger charge is -2.29. The highest BCUT2D eigenvalue weighted by molar-refractivity contribution is 6.46. The third-order valence-corrected chi connectivity index (χ3v) is 5.29. The topological polar surface area (TPSA) is 18.5 Å². The summed E-state index contributed by atoms with van der Waals surface area (Å²) < 4.78 is 12.0. The van der Waals surface area contributed by atoms with Gasteiger partial charge in [-0.15, -0.1) is 0 Å². The van der Waals surface area contributed by atoms with Crippen LogP contribution in [0.3, 0.4) is 0 Å². The van der Waals surface area contributed by atoms with Gasteiger partial charge in [0, 0.05) is 17.7 Å². The predicted octanol–water partition coefficient (Wildman–Crippen LogP) is 3.66. The maximum absolute atomic E-state index is 5.98. The summed E-state index contributed by atoms with van der Waals surface area (Å²) in [5.74, 6) is 0. The first-order valence-electron chi connectivity index (χ1n) is 6.29. The van der Waals surface area contributed by atoms with Crippen LogP contribution < -0.4 is 0 Å². The largest absolute Gasteiger partial charge is 0.391 e. The Morgan fingerprint density at radius 2 is 1.33 bits per heavy atom. The summed E-state index contributed by atoms with van der Waals surface area (Å²) in [4.78, 5) is 0. The van der Waals surface area contributed by atoms with Crippen molar-refractivity contribution < 1.29 is 8.85 Å². The smallest absolute Gasteiger partial charge is 0.388 e. The SMILES string of the molecule is CC(C)O[Si](OC(C)C)C1CCCCC1. The van der Waals surface area contributed by atoms with Crippen LogP contribution in [0.5, 0.6) is 0 Å². The van der Waals surface area contributed by atoms with Gasteiger partial charge in [0.2, 0.25) is 0 Å². The van der Waals surface area contributed by atoms with Gasteiger partial charge in [-0.3, -0.25) is 0 Å².